The van der Waals surface area contributed by atoms with Crippen molar-refractivity contribution in [1.29, 1.82) is 0 Å². The van der Waals surface area contributed by atoms with Crippen LogP contribution in [-0.4, -0.2) is 43.9 Å². The highest BCUT2D eigenvalue weighted by Gasteiger charge is 2.23. The van der Waals surface area contributed by atoms with Crippen LogP contribution in [0.2, 0.25) is 0 Å². The highest BCUT2D eigenvalue weighted by molar-refractivity contribution is 5.95. The summed E-state index contributed by atoms with van der Waals surface area (Å²) in [5.41, 5.74) is 1.37. The van der Waals surface area contributed by atoms with Gasteiger partial charge in [-0.25, -0.2) is 4.79 Å². The van der Waals surface area contributed by atoms with Crippen LogP contribution < -0.4 is 4.90 Å². The smallest absolute Gasteiger partial charge is 0.340 e. The minimum atomic E-state index is -0.332. The number of pyridine rings is 1. The third-order valence-electron chi connectivity index (χ3n) is 2.88. The number of anilines is 1. The molecule has 0 N–H and O–H groups in total. The van der Waals surface area contributed by atoms with Gasteiger partial charge in [0.1, 0.15) is 0 Å². The van der Waals surface area contributed by atoms with Crippen molar-refractivity contribution in [3.05, 3.63) is 24.0 Å². The molecule has 1 aromatic heterocycles. The molecular formula is C12H16N2O3. The predicted molar refractivity (Wildman–Crippen MR) is 63.2 cm³/mol. The number of morpholine rings is 1. The van der Waals surface area contributed by atoms with Crippen LogP contribution in [0.5, 0.6) is 0 Å². The second-order valence-electron chi connectivity index (χ2n) is 4.00. The maximum absolute atomic E-state index is 11.7. The highest BCUT2D eigenvalue weighted by atomic mass is 16.5. The summed E-state index contributed by atoms with van der Waals surface area (Å²) in [4.78, 5) is 17.9. The normalized spacial score (nSPS) is 20.1. The van der Waals surface area contributed by atoms with E-state index in [2.05, 4.69) is 16.8 Å². The molecule has 0 radical (unpaired) electrons. The third-order valence-corrected chi connectivity index (χ3v) is 2.88. The van der Waals surface area contributed by atoms with E-state index < -0.39 is 0 Å². The number of hydrogen-bond donors (Lipinski definition) is 0. The minimum Gasteiger partial charge on any atom is -0.465 e. The van der Waals surface area contributed by atoms with Crippen molar-refractivity contribution in [2.24, 2.45) is 0 Å². The van der Waals surface area contributed by atoms with Crippen molar-refractivity contribution >= 4 is 11.7 Å². The van der Waals surface area contributed by atoms with E-state index in [9.17, 15) is 4.79 Å². The van der Waals surface area contributed by atoms with Crippen LogP contribution in [0.4, 0.5) is 5.69 Å². The van der Waals surface area contributed by atoms with Crippen molar-refractivity contribution in [3.8, 4) is 0 Å². The molecule has 0 aliphatic carbocycles. The van der Waals surface area contributed by atoms with Crippen LogP contribution in [0.3, 0.4) is 0 Å². The summed E-state index contributed by atoms with van der Waals surface area (Å²) in [5, 5.41) is 0. The Bertz CT molecular complexity index is 408. The summed E-state index contributed by atoms with van der Waals surface area (Å²) in [7, 11) is 1.38. The first kappa shape index (κ1) is 11.9. The lowest BCUT2D eigenvalue weighted by molar-refractivity contribution is 0.0599. The van der Waals surface area contributed by atoms with Gasteiger partial charge in [0, 0.05) is 18.8 Å². The van der Waals surface area contributed by atoms with Crippen molar-refractivity contribution in [1.82, 2.24) is 4.98 Å². The van der Waals surface area contributed by atoms with Crippen LogP contribution in [0.15, 0.2) is 18.5 Å². The average molecular weight is 236 g/mol. The van der Waals surface area contributed by atoms with Gasteiger partial charge in [-0.05, 0) is 13.0 Å². The molecule has 17 heavy (non-hydrogen) atoms. The van der Waals surface area contributed by atoms with Crippen LogP contribution in [0.1, 0.15) is 17.3 Å². The molecule has 1 aliphatic rings. The second kappa shape index (κ2) is 5.14. The topological polar surface area (TPSA) is 51.7 Å². The van der Waals surface area contributed by atoms with Gasteiger partial charge in [0.2, 0.25) is 0 Å². The summed E-state index contributed by atoms with van der Waals surface area (Å²) < 4.78 is 10.2. The van der Waals surface area contributed by atoms with Crippen LogP contribution in [0, 0.1) is 0 Å². The van der Waals surface area contributed by atoms with Crippen molar-refractivity contribution in [2.75, 3.05) is 31.8 Å². The number of ether oxygens (including phenoxy) is 2. The fourth-order valence-corrected chi connectivity index (χ4v) is 1.98. The molecule has 1 aromatic rings. The molecule has 1 unspecified atom stereocenters. The summed E-state index contributed by atoms with van der Waals surface area (Å²) in [5.74, 6) is -0.332. The summed E-state index contributed by atoms with van der Waals surface area (Å²) in [6, 6.07) is 1.92. The zero-order valence-electron chi connectivity index (χ0n) is 10.0. The first-order valence-corrected chi connectivity index (χ1v) is 5.60. The molecule has 0 aromatic carbocycles. The maximum atomic E-state index is 11.7. The Morgan fingerprint density at radius 3 is 3.18 bits per heavy atom. The maximum Gasteiger partial charge on any atom is 0.340 e. The number of carbonyl (C=O) groups excluding carboxylic acids is 1. The van der Waals surface area contributed by atoms with Gasteiger partial charge in [0.15, 0.2) is 0 Å². The van der Waals surface area contributed by atoms with Crippen molar-refractivity contribution < 1.29 is 14.3 Å². The summed E-state index contributed by atoms with van der Waals surface area (Å²) in [6.45, 7) is 4.15. The van der Waals surface area contributed by atoms with Gasteiger partial charge in [-0.15, -0.1) is 0 Å². The standard InChI is InChI=1S/C12H16N2O3/c1-9-8-17-6-5-14(9)11-7-13-4-3-10(11)12(15)16-2/h3-4,7,9H,5-6,8H2,1-2H3. The Balaban J connectivity index is 2.33. The van der Waals surface area contributed by atoms with Gasteiger partial charge in [-0.3, -0.25) is 4.98 Å². The molecule has 0 saturated carbocycles. The number of hydrogen-bond acceptors (Lipinski definition) is 5. The number of carbonyl (C=O) groups is 1. The number of methoxy groups -OCH3 is 1. The highest BCUT2D eigenvalue weighted by Crippen LogP contribution is 2.23. The Kier molecular flexibility index (Phi) is 3.58. The minimum absolute atomic E-state index is 0.233. The first-order valence-electron chi connectivity index (χ1n) is 5.60. The molecule has 2 heterocycles. The van der Waals surface area contributed by atoms with Gasteiger partial charge in [-0.1, -0.05) is 0 Å². The molecule has 2 rings (SSSR count). The van der Waals surface area contributed by atoms with Gasteiger partial charge in [0.25, 0.3) is 0 Å². The molecule has 1 aliphatic heterocycles. The van der Waals surface area contributed by atoms with E-state index in [4.69, 9.17) is 9.47 Å². The first-order chi connectivity index (χ1) is 8.24. The van der Waals surface area contributed by atoms with E-state index in [0.717, 1.165) is 12.2 Å². The lowest BCUT2D eigenvalue weighted by Gasteiger charge is -2.35. The molecule has 0 bridgehead atoms. The molecule has 5 heteroatoms. The van der Waals surface area contributed by atoms with E-state index >= 15 is 0 Å². The van der Waals surface area contributed by atoms with Crippen molar-refractivity contribution in [2.45, 2.75) is 13.0 Å². The molecule has 92 valence electrons. The zero-order valence-corrected chi connectivity index (χ0v) is 10.0. The van der Waals surface area contributed by atoms with E-state index in [1.54, 1.807) is 18.5 Å². The Labute approximate surface area is 100 Å². The van der Waals surface area contributed by atoms with Crippen LogP contribution in [-0.2, 0) is 9.47 Å². The van der Waals surface area contributed by atoms with E-state index in [1.807, 2.05) is 0 Å². The number of aromatic nitrogens is 1. The number of esters is 1. The van der Waals surface area contributed by atoms with Gasteiger partial charge in [-0.2, -0.15) is 0 Å². The molecule has 1 atom stereocenters. The fraction of sp³-hybridized carbons (Fsp3) is 0.500. The molecule has 0 spiro atoms. The van der Waals surface area contributed by atoms with Crippen molar-refractivity contribution in [3.63, 3.8) is 0 Å². The summed E-state index contributed by atoms with van der Waals surface area (Å²) in [6.07, 6.45) is 3.30. The molecule has 1 saturated heterocycles. The zero-order chi connectivity index (χ0) is 12.3. The van der Waals surface area contributed by atoms with Crippen LogP contribution >= 0.6 is 0 Å². The van der Waals surface area contributed by atoms with E-state index in [1.165, 1.54) is 7.11 Å². The average Bonchev–Trinajstić information content (AvgIpc) is 2.38. The Morgan fingerprint density at radius 2 is 2.47 bits per heavy atom. The lowest BCUT2D eigenvalue weighted by Crippen LogP contribution is -2.44. The van der Waals surface area contributed by atoms with Gasteiger partial charge < -0.3 is 14.4 Å². The van der Waals surface area contributed by atoms with Gasteiger partial charge in [0.05, 0.1) is 37.8 Å². The molecule has 5 nitrogen and oxygen atoms in total. The monoisotopic (exact) mass is 236 g/mol. The van der Waals surface area contributed by atoms with E-state index in [-0.39, 0.29) is 12.0 Å². The second-order valence-corrected chi connectivity index (χ2v) is 4.00. The van der Waals surface area contributed by atoms with Crippen LogP contribution in [0.25, 0.3) is 0 Å². The molecule has 0 amide bonds. The van der Waals surface area contributed by atoms with E-state index in [0.29, 0.717) is 18.8 Å². The summed E-state index contributed by atoms with van der Waals surface area (Å²) >= 11 is 0. The van der Waals surface area contributed by atoms with Gasteiger partial charge >= 0.3 is 5.97 Å². The molecular weight excluding hydrogens is 220 g/mol. The largest absolute Gasteiger partial charge is 0.465 e. The quantitative estimate of drug-likeness (QED) is 0.719. The SMILES string of the molecule is COC(=O)c1ccncc1N1CCOCC1C. The predicted octanol–water partition coefficient (Wildman–Crippen LogP) is 1.09. The Hall–Kier alpha value is -1.62. The number of rotatable bonds is 2. The fourth-order valence-electron chi connectivity index (χ4n) is 1.98. The third kappa shape index (κ3) is 2.39. The lowest BCUT2D eigenvalue weighted by atomic mass is 10.1. The molecule has 1 fully saturated rings. The number of nitrogens with zero attached hydrogens (tertiary/aromatic N) is 2. The Morgan fingerprint density at radius 1 is 1.65 bits per heavy atom.